The molecule has 2 heterocycles. The first-order valence-corrected chi connectivity index (χ1v) is 7.80. The summed E-state index contributed by atoms with van der Waals surface area (Å²) in [6.07, 6.45) is -2.00. The zero-order valence-corrected chi connectivity index (χ0v) is 13.0. The van der Waals surface area contributed by atoms with Crippen molar-refractivity contribution in [3.63, 3.8) is 0 Å². The van der Waals surface area contributed by atoms with E-state index >= 15 is 0 Å². The number of carbonyl (C=O) groups is 1. The number of esters is 1. The van der Waals surface area contributed by atoms with Gasteiger partial charge in [0.2, 0.25) is 0 Å². The Hall–Kier alpha value is -2.09. The first-order chi connectivity index (χ1) is 11.4. The summed E-state index contributed by atoms with van der Waals surface area (Å²) < 4.78 is 44.0. The van der Waals surface area contributed by atoms with E-state index in [2.05, 4.69) is 5.10 Å². The fraction of sp³-hybridized carbons (Fsp3) is 0.500. The Morgan fingerprint density at radius 2 is 1.96 bits per heavy atom. The Kier molecular flexibility index (Phi) is 4.75. The average Bonchev–Trinajstić information content (AvgIpc) is 2.91. The Balaban J connectivity index is 1.50. The number of benzene rings is 1. The number of fused-ring (bicyclic) bond motifs is 1. The summed E-state index contributed by atoms with van der Waals surface area (Å²) in [5.74, 6) is -0.418. The molecule has 0 N–H and O–H groups in total. The average molecular weight is 341 g/mol. The van der Waals surface area contributed by atoms with Crippen LogP contribution in [-0.2, 0) is 16.1 Å². The van der Waals surface area contributed by atoms with Crippen LogP contribution in [0.4, 0.5) is 13.2 Å². The van der Waals surface area contributed by atoms with Gasteiger partial charge in [0, 0.05) is 18.5 Å². The fourth-order valence-corrected chi connectivity index (χ4v) is 2.94. The number of carbonyl (C=O) groups excluding carboxylic acids is 1. The highest BCUT2D eigenvalue weighted by atomic mass is 19.4. The van der Waals surface area contributed by atoms with Crippen LogP contribution in [0.3, 0.4) is 0 Å². The maximum absolute atomic E-state index is 12.4. The van der Waals surface area contributed by atoms with Gasteiger partial charge in [0.05, 0.1) is 18.3 Å². The van der Waals surface area contributed by atoms with Crippen molar-refractivity contribution in [2.75, 3.05) is 19.6 Å². The van der Waals surface area contributed by atoms with Gasteiger partial charge < -0.3 is 4.74 Å². The third kappa shape index (κ3) is 4.25. The van der Waals surface area contributed by atoms with E-state index in [0.717, 1.165) is 10.9 Å². The standard InChI is InChI=1S/C16H18F3N3O2/c17-16(18,19)11-21-7-5-13(6-8-21)24-15(23)10-22-14-4-2-1-3-12(14)9-20-22/h1-4,9,13H,5-8,10-11H2. The van der Waals surface area contributed by atoms with Crippen molar-refractivity contribution in [3.05, 3.63) is 30.5 Å². The van der Waals surface area contributed by atoms with Crippen LogP contribution in [0.1, 0.15) is 12.8 Å². The van der Waals surface area contributed by atoms with Crippen LogP contribution in [0.5, 0.6) is 0 Å². The number of alkyl halides is 3. The van der Waals surface area contributed by atoms with Gasteiger partial charge in [-0.25, -0.2) is 0 Å². The molecule has 3 rings (SSSR count). The number of rotatable bonds is 4. The number of likely N-dealkylation sites (tertiary alicyclic amines) is 1. The minimum Gasteiger partial charge on any atom is -0.461 e. The molecule has 1 aliphatic heterocycles. The molecule has 0 aliphatic carbocycles. The molecular weight excluding hydrogens is 323 g/mol. The number of ether oxygens (including phenoxy) is 1. The number of halogens is 3. The molecule has 0 atom stereocenters. The molecule has 1 aromatic carbocycles. The normalized spacial score (nSPS) is 17.3. The molecule has 1 aromatic heterocycles. The van der Waals surface area contributed by atoms with Gasteiger partial charge >= 0.3 is 12.1 Å². The third-order valence-corrected chi connectivity index (χ3v) is 4.07. The number of piperidine rings is 1. The molecule has 0 radical (unpaired) electrons. The molecule has 0 spiro atoms. The lowest BCUT2D eigenvalue weighted by Gasteiger charge is -2.31. The van der Waals surface area contributed by atoms with Crippen molar-refractivity contribution in [3.8, 4) is 0 Å². The van der Waals surface area contributed by atoms with E-state index in [1.165, 1.54) is 4.90 Å². The highest BCUT2D eigenvalue weighted by molar-refractivity contribution is 5.80. The SMILES string of the molecule is O=C(Cn1ncc2ccccc21)OC1CCN(CC(F)(F)F)CC1. The van der Waals surface area contributed by atoms with Crippen LogP contribution in [0.2, 0.25) is 0 Å². The van der Waals surface area contributed by atoms with Crippen LogP contribution in [0.25, 0.3) is 10.9 Å². The number of nitrogens with zero attached hydrogens (tertiary/aromatic N) is 3. The van der Waals surface area contributed by atoms with Crippen LogP contribution < -0.4 is 0 Å². The van der Waals surface area contributed by atoms with Gasteiger partial charge in [-0.1, -0.05) is 18.2 Å². The maximum Gasteiger partial charge on any atom is 0.401 e. The molecule has 0 amide bonds. The molecule has 24 heavy (non-hydrogen) atoms. The monoisotopic (exact) mass is 341 g/mol. The van der Waals surface area contributed by atoms with Crippen molar-refractivity contribution in [2.24, 2.45) is 0 Å². The van der Waals surface area contributed by atoms with E-state index < -0.39 is 18.7 Å². The second-order valence-electron chi connectivity index (χ2n) is 5.94. The molecular formula is C16H18F3N3O2. The summed E-state index contributed by atoms with van der Waals surface area (Å²) in [6.45, 7) is -0.354. The Labute approximate surface area is 137 Å². The summed E-state index contributed by atoms with van der Waals surface area (Å²) >= 11 is 0. The minimum atomic E-state index is -4.19. The molecule has 1 saturated heterocycles. The molecule has 2 aromatic rings. The van der Waals surface area contributed by atoms with Gasteiger partial charge in [-0.2, -0.15) is 18.3 Å². The topological polar surface area (TPSA) is 47.4 Å². The predicted molar refractivity (Wildman–Crippen MR) is 81.3 cm³/mol. The quantitative estimate of drug-likeness (QED) is 0.802. The van der Waals surface area contributed by atoms with Gasteiger partial charge in [0.25, 0.3) is 0 Å². The molecule has 5 nitrogen and oxygen atoms in total. The second kappa shape index (κ2) is 6.80. The molecule has 1 aliphatic rings. The first-order valence-electron chi connectivity index (χ1n) is 7.80. The molecule has 0 saturated carbocycles. The minimum absolute atomic E-state index is 0.00369. The number of hydrogen-bond donors (Lipinski definition) is 0. The van der Waals surface area contributed by atoms with E-state index in [1.54, 1.807) is 10.9 Å². The smallest absolute Gasteiger partial charge is 0.401 e. The van der Waals surface area contributed by atoms with Crippen molar-refractivity contribution in [1.29, 1.82) is 0 Å². The van der Waals surface area contributed by atoms with Crippen molar-refractivity contribution in [2.45, 2.75) is 31.7 Å². The lowest BCUT2D eigenvalue weighted by Crippen LogP contribution is -2.42. The van der Waals surface area contributed by atoms with Gasteiger partial charge in [0.1, 0.15) is 12.6 Å². The predicted octanol–water partition coefficient (Wildman–Crippen LogP) is 2.61. The first kappa shape index (κ1) is 16.8. The van der Waals surface area contributed by atoms with Gasteiger partial charge in [-0.3, -0.25) is 14.4 Å². The van der Waals surface area contributed by atoms with Crippen LogP contribution >= 0.6 is 0 Å². The third-order valence-electron chi connectivity index (χ3n) is 4.07. The maximum atomic E-state index is 12.4. The van der Waals surface area contributed by atoms with E-state index in [-0.39, 0.29) is 25.7 Å². The van der Waals surface area contributed by atoms with Gasteiger partial charge in [-0.15, -0.1) is 0 Å². The zero-order chi connectivity index (χ0) is 17.2. The molecule has 0 unspecified atom stereocenters. The summed E-state index contributed by atoms with van der Waals surface area (Å²) in [4.78, 5) is 13.4. The Morgan fingerprint density at radius 3 is 2.67 bits per heavy atom. The zero-order valence-electron chi connectivity index (χ0n) is 13.0. The van der Waals surface area contributed by atoms with E-state index in [4.69, 9.17) is 4.74 Å². The summed E-state index contributed by atoms with van der Waals surface area (Å²) in [5.41, 5.74) is 0.842. The van der Waals surface area contributed by atoms with Gasteiger partial charge in [0.15, 0.2) is 0 Å². The van der Waals surface area contributed by atoms with Crippen molar-refractivity contribution < 1.29 is 22.7 Å². The summed E-state index contributed by atoms with van der Waals surface area (Å²) in [5, 5.41) is 5.10. The highest BCUT2D eigenvalue weighted by Gasteiger charge is 2.33. The molecule has 0 bridgehead atoms. The lowest BCUT2D eigenvalue weighted by molar-refractivity contribution is -0.160. The lowest BCUT2D eigenvalue weighted by atomic mass is 10.1. The Morgan fingerprint density at radius 1 is 1.25 bits per heavy atom. The Bertz CT molecular complexity index is 706. The van der Waals surface area contributed by atoms with Gasteiger partial charge in [-0.05, 0) is 18.9 Å². The fourth-order valence-electron chi connectivity index (χ4n) is 2.94. The van der Waals surface area contributed by atoms with Crippen LogP contribution in [-0.4, -0.2) is 52.6 Å². The van der Waals surface area contributed by atoms with Crippen molar-refractivity contribution in [1.82, 2.24) is 14.7 Å². The summed E-state index contributed by atoms with van der Waals surface area (Å²) in [7, 11) is 0. The second-order valence-corrected chi connectivity index (χ2v) is 5.94. The van der Waals surface area contributed by atoms with Crippen LogP contribution in [0, 0.1) is 0 Å². The van der Waals surface area contributed by atoms with E-state index in [9.17, 15) is 18.0 Å². The number of hydrogen-bond acceptors (Lipinski definition) is 4. The largest absolute Gasteiger partial charge is 0.461 e. The number of aromatic nitrogens is 2. The number of para-hydroxylation sites is 1. The van der Waals surface area contributed by atoms with E-state index in [1.807, 2.05) is 24.3 Å². The highest BCUT2D eigenvalue weighted by Crippen LogP contribution is 2.21. The van der Waals surface area contributed by atoms with Crippen LogP contribution in [0.15, 0.2) is 30.5 Å². The molecule has 8 heteroatoms. The molecule has 1 fully saturated rings. The van der Waals surface area contributed by atoms with Crippen molar-refractivity contribution >= 4 is 16.9 Å². The summed E-state index contributed by atoms with van der Waals surface area (Å²) in [6, 6.07) is 7.52. The molecule has 130 valence electrons. The van der Waals surface area contributed by atoms with E-state index in [0.29, 0.717) is 12.8 Å².